The molecular formula is C15H19NO2S2. The molecule has 0 fully saturated rings. The summed E-state index contributed by atoms with van der Waals surface area (Å²) in [5.74, 6) is 0. The first-order valence-corrected chi connectivity index (χ1v) is 8.81. The predicted octanol–water partition coefficient (Wildman–Crippen LogP) is 3.71. The van der Waals surface area contributed by atoms with E-state index in [1.807, 2.05) is 20.8 Å². The minimum Gasteiger partial charge on any atom is -0.206 e. The van der Waals surface area contributed by atoms with Gasteiger partial charge >= 0.3 is 0 Å². The van der Waals surface area contributed by atoms with Crippen LogP contribution in [0.5, 0.6) is 0 Å². The maximum absolute atomic E-state index is 12.2. The molecule has 0 amide bonds. The molecule has 5 heteroatoms. The quantitative estimate of drug-likeness (QED) is 0.935. The van der Waals surface area contributed by atoms with Crippen molar-refractivity contribution in [2.75, 3.05) is 0 Å². The highest BCUT2D eigenvalue weighted by atomic mass is 32.2. The summed E-state index contributed by atoms with van der Waals surface area (Å²) >= 11 is 1.23. The van der Waals surface area contributed by atoms with Crippen molar-refractivity contribution < 1.29 is 8.42 Å². The van der Waals surface area contributed by atoms with Crippen LogP contribution in [0.25, 0.3) is 0 Å². The summed E-state index contributed by atoms with van der Waals surface area (Å²) in [4.78, 5) is 0. The third-order valence-electron chi connectivity index (χ3n) is 3.44. The average molecular weight is 309 g/mol. The molecule has 0 bridgehead atoms. The van der Waals surface area contributed by atoms with Crippen molar-refractivity contribution in [3.63, 3.8) is 0 Å². The topological polar surface area (TPSA) is 46.2 Å². The van der Waals surface area contributed by atoms with Crippen molar-refractivity contribution in [3.8, 4) is 0 Å². The maximum atomic E-state index is 12.2. The molecule has 20 heavy (non-hydrogen) atoms. The smallest absolute Gasteiger partial charge is 0.206 e. The van der Waals surface area contributed by atoms with Gasteiger partial charge in [0, 0.05) is 6.04 Å². The molecule has 0 saturated heterocycles. The van der Waals surface area contributed by atoms with Gasteiger partial charge in [-0.05, 0) is 61.4 Å². The predicted molar refractivity (Wildman–Crippen MR) is 83.7 cm³/mol. The Morgan fingerprint density at radius 2 is 1.75 bits per heavy atom. The minimum absolute atomic E-state index is 0.249. The molecule has 1 N–H and O–H groups in total. The molecular weight excluding hydrogens is 290 g/mol. The molecule has 0 aliphatic heterocycles. The van der Waals surface area contributed by atoms with Crippen LogP contribution in [0.2, 0.25) is 0 Å². The second-order valence-corrected chi connectivity index (χ2v) is 7.96. The molecule has 108 valence electrons. The van der Waals surface area contributed by atoms with Crippen molar-refractivity contribution in [3.05, 3.63) is 51.9 Å². The molecule has 0 spiro atoms. The SMILES string of the molecule is Cc1cc(C)c(C(C)NS(=O)(=O)c2cccs2)cc1C. The van der Waals surface area contributed by atoms with Gasteiger partial charge in [-0.1, -0.05) is 18.2 Å². The van der Waals surface area contributed by atoms with Gasteiger partial charge in [0.25, 0.3) is 10.0 Å². The highest BCUT2D eigenvalue weighted by Crippen LogP contribution is 2.24. The summed E-state index contributed by atoms with van der Waals surface area (Å²) in [5.41, 5.74) is 4.52. The largest absolute Gasteiger partial charge is 0.250 e. The number of sulfonamides is 1. The lowest BCUT2D eigenvalue weighted by molar-refractivity contribution is 0.568. The molecule has 0 aliphatic rings. The zero-order valence-electron chi connectivity index (χ0n) is 12.1. The Kier molecular flexibility index (Phi) is 4.32. The van der Waals surface area contributed by atoms with Crippen LogP contribution in [0.1, 0.15) is 35.2 Å². The summed E-state index contributed by atoms with van der Waals surface area (Å²) in [6.07, 6.45) is 0. The summed E-state index contributed by atoms with van der Waals surface area (Å²) < 4.78 is 27.6. The molecule has 1 aromatic heterocycles. The van der Waals surface area contributed by atoms with Gasteiger partial charge in [0.15, 0.2) is 0 Å². The maximum Gasteiger partial charge on any atom is 0.250 e. The lowest BCUT2D eigenvalue weighted by Crippen LogP contribution is -2.26. The van der Waals surface area contributed by atoms with E-state index in [-0.39, 0.29) is 6.04 Å². The fourth-order valence-electron chi connectivity index (χ4n) is 2.22. The van der Waals surface area contributed by atoms with E-state index in [0.29, 0.717) is 4.21 Å². The molecule has 1 aromatic carbocycles. The molecule has 1 unspecified atom stereocenters. The number of aryl methyl sites for hydroxylation is 3. The van der Waals surface area contributed by atoms with Gasteiger partial charge in [-0.2, -0.15) is 0 Å². The van der Waals surface area contributed by atoms with E-state index in [1.165, 1.54) is 22.5 Å². The molecule has 0 aliphatic carbocycles. The Morgan fingerprint density at radius 3 is 2.35 bits per heavy atom. The standard InChI is InChI=1S/C15H19NO2S2/c1-10-8-12(3)14(9-11(10)2)13(4)16-20(17,18)15-6-5-7-19-15/h5-9,13,16H,1-4H3. The van der Waals surface area contributed by atoms with Crippen LogP contribution < -0.4 is 4.72 Å². The molecule has 0 saturated carbocycles. The van der Waals surface area contributed by atoms with E-state index in [1.54, 1.807) is 17.5 Å². The highest BCUT2D eigenvalue weighted by Gasteiger charge is 2.20. The van der Waals surface area contributed by atoms with Crippen LogP contribution in [-0.2, 0) is 10.0 Å². The van der Waals surface area contributed by atoms with Gasteiger partial charge in [0.2, 0.25) is 0 Å². The number of benzene rings is 1. The van der Waals surface area contributed by atoms with Gasteiger partial charge in [0.1, 0.15) is 4.21 Å². The molecule has 0 radical (unpaired) electrons. The third kappa shape index (κ3) is 3.11. The van der Waals surface area contributed by atoms with Gasteiger partial charge in [-0.3, -0.25) is 0 Å². The number of thiophene rings is 1. The Morgan fingerprint density at radius 1 is 1.10 bits per heavy atom. The Balaban J connectivity index is 2.29. The van der Waals surface area contributed by atoms with Crippen LogP contribution in [0.3, 0.4) is 0 Å². The molecule has 1 atom stereocenters. The summed E-state index contributed by atoms with van der Waals surface area (Å²) in [6.45, 7) is 7.99. The van der Waals surface area contributed by atoms with E-state index in [4.69, 9.17) is 0 Å². The average Bonchev–Trinajstić information content (AvgIpc) is 2.87. The van der Waals surface area contributed by atoms with Crippen molar-refractivity contribution >= 4 is 21.4 Å². The highest BCUT2D eigenvalue weighted by molar-refractivity contribution is 7.91. The monoisotopic (exact) mass is 309 g/mol. The fraction of sp³-hybridized carbons (Fsp3) is 0.333. The van der Waals surface area contributed by atoms with E-state index in [2.05, 4.69) is 23.8 Å². The van der Waals surface area contributed by atoms with Crippen LogP contribution in [-0.4, -0.2) is 8.42 Å². The second kappa shape index (κ2) is 5.68. The van der Waals surface area contributed by atoms with Crippen LogP contribution >= 0.6 is 11.3 Å². The first-order chi connectivity index (χ1) is 9.31. The molecule has 2 rings (SSSR count). The third-order valence-corrected chi connectivity index (χ3v) is 6.38. The van der Waals surface area contributed by atoms with Crippen molar-refractivity contribution in [2.24, 2.45) is 0 Å². The van der Waals surface area contributed by atoms with Gasteiger partial charge in [-0.25, -0.2) is 13.1 Å². The van der Waals surface area contributed by atoms with E-state index in [0.717, 1.165) is 11.1 Å². The van der Waals surface area contributed by atoms with Crippen LogP contribution in [0.4, 0.5) is 0 Å². The first-order valence-electron chi connectivity index (χ1n) is 6.45. The van der Waals surface area contributed by atoms with Gasteiger partial charge in [-0.15, -0.1) is 11.3 Å². The normalized spacial score (nSPS) is 13.4. The molecule has 3 nitrogen and oxygen atoms in total. The second-order valence-electron chi connectivity index (χ2n) is 5.07. The summed E-state index contributed by atoms with van der Waals surface area (Å²) in [7, 11) is -3.44. The van der Waals surface area contributed by atoms with Crippen molar-refractivity contribution in [1.29, 1.82) is 0 Å². The Bertz CT molecular complexity index is 704. The number of hydrogen-bond donors (Lipinski definition) is 1. The lowest BCUT2D eigenvalue weighted by atomic mass is 9.97. The summed E-state index contributed by atoms with van der Waals surface area (Å²) in [6, 6.07) is 7.27. The van der Waals surface area contributed by atoms with Gasteiger partial charge < -0.3 is 0 Å². The molecule has 1 heterocycles. The first kappa shape index (κ1) is 15.2. The minimum atomic E-state index is -3.44. The van der Waals surface area contributed by atoms with Crippen LogP contribution in [0, 0.1) is 20.8 Å². The van der Waals surface area contributed by atoms with Gasteiger partial charge in [0.05, 0.1) is 0 Å². The van der Waals surface area contributed by atoms with E-state index >= 15 is 0 Å². The fourth-order valence-corrected chi connectivity index (χ4v) is 4.45. The zero-order chi connectivity index (χ0) is 14.9. The number of rotatable bonds is 4. The van der Waals surface area contributed by atoms with Crippen LogP contribution in [0.15, 0.2) is 33.9 Å². The van der Waals surface area contributed by atoms with E-state index in [9.17, 15) is 8.42 Å². The number of nitrogens with one attached hydrogen (secondary N) is 1. The zero-order valence-corrected chi connectivity index (χ0v) is 13.7. The van der Waals surface area contributed by atoms with E-state index < -0.39 is 10.0 Å². The Labute approximate surface area is 124 Å². The van der Waals surface area contributed by atoms with Crippen molar-refractivity contribution in [2.45, 2.75) is 37.9 Å². The summed E-state index contributed by atoms with van der Waals surface area (Å²) in [5, 5.41) is 1.76. The Hall–Kier alpha value is -1.17. The number of hydrogen-bond acceptors (Lipinski definition) is 3. The molecule has 2 aromatic rings. The van der Waals surface area contributed by atoms with Crippen molar-refractivity contribution in [1.82, 2.24) is 4.72 Å². The lowest BCUT2D eigenvalue weighted by Gasteiger charge is -2.18.